The van der Waals surface area contributed by atoms with E-state index in [4.69, 9.17) is 0 Å². The quantitative estimate of drug-likeness (QED) is 0.799. The molecule has 0 saturated heterocycles. The summed E-state index contributed by atoms with van der Waals surface area (Å²) in [5, 5.41) is 6.01. The van der Waals surface area contributed by atoms with Crippen molar-refractivity contribution >= 4 is 11.6 Å². The van der Waals surface area contributed by atoms with Crippen LogP contribution >= 0.6 is 0 Å². The Bertz CT molecular complexity index is 542. The van der Waals surface area contributed by atoms with Crippen molar-refractivity contribution in [2.24, 2.45) is 0 Å². The normalized spacial score (nSPS) is 9.95. The van der Waals surface area contributed by atoms with Crippen LogP contribution in [0.15, 0.2) is 42.7 Å². The van der Waals surface area contributed by atoms with Gasteiger partial charge in [0.25, 0.3) is 0 Å². The number of benzene rings is 1. The second-order valence-corrected chi connectivity index (χ2v) is 4.03. The van der Waals surface area contributed by atoms with Crippen LogP contribution in [0.1, 0.15) is 6.92 Å². The first-order valence-corrected chi connectivity index (χ1v) is 6.12. The van der Waals surface area contributed by atoms with E-state index in [9.17, 15) is 4.79 Å². The molecule has 0 atom stereocenters. The molecule has 0 saturated carbocycles. The minimum absolute atomic E-state index is 0.0264. The molecule has 98 valence electrons. The molecule has 5 heteroatoms. The van der Waals surface area contributed by atoms with Gasteiger partial charge in [0.1, 0.15) is 0 Å². The number of amides is 1. The number of anilines is 1. The lowest BCUT2D eigenvalue weighted by molar-refractivity contribution is -0.118. The maximum atomic E-state index is 10.8. The van der Waals surface area contributed by atoms with E-state index in [0.29, 0.717) is 18.9 Å². The molecule has 0 radical (unpaired) electrons. The number of hydrogen-bond acceptors (Lipinski definition) is 4. The molecule has 2 aromatic rings. The SMILES string of the molecule is CC(=O)NCCNc1ccccc1-c1ncccn1. The highest BCUT2D eigenvalue weighted by atomic mass is 16.1. The Labute approximate surface area is 112 Å². The van der Waals surface area contributed by atoms with E-state index < -0.39 is 0 Å². The van der Waals surface area contributed by atoms with Crippen molar-refractivity contribution in [3.8, 4) is 11.4 Å². The maximum absolute atomic E-state index is 10.8. The lowest BCUT2D eigenvalue weighted by Gasteiger charge is -2.11. The van der Waals surface area contributed by atoms with Crippen molar-refractivity contribution in [3.63, 3.8) is 0 Å². The molecule has 0 bridgehead atoms. The second-order valence-electron chi connectivity index (χ2n) is 4.03. The number of carbonyl (C=O) groups is 1. The summed E-state index contributed by atoms with van der Waals surface area (Å²) in [6, 6.07) is 9.63. The standard InChI is InChI=1S/C14H16N4O/c1-11(19)15-9-10-16-13-6-3-2-5-12(13)14-17-7-4-8-18-14/h2-8,16H,9-10H2,1H3,(H,15,19). The van der Waals surface area contributed by atoms with Crippen molar-refractivity contribution < 1.29 is 4.79 Å². The Morgan fingerprint density at radius 3 is 2.58 bits per heavy atom. The van der Waals surface area contributed by atoms with Gasteiger partial charge >= 0.3 is 0 Å². The molecule has 0 aliphatic heterocycles. The number of nitrogens with zero attached hydrogens (tertiary/aromatic N) is 2. The molecule has 1 heterocycles. The first-order valence-electron chi connectivity index (χ1n) is 6.12. The van der Waals surface area contributed by atoms with Crippen molar-refractivity contribution in [2.45, 2.75) is 6.92 Å². The summed E-state index contributed by atoms with van der Waals surface area (Å²) in [7, 11) is 0. The van der Waals surface area contributed by atoms with Gasteiger partial charge in [0.05, 0.1) is 0 Å². The second kappa shape index (κ2) is 6.49. The van der Waals surface area contributed by atoms with Crippen LogP contribution in [0.2, 0.25) is 0 Å². The minimum Gasteiger partial charge on any atom is -0.383 e. The fraction of sp³-hybridized carbons (Fsp3) is 0.214. The lowest BCUT2D eigenvalue weighted by Crippen LogP contribution is -2.26. The summed E-state index contributed by atoms with van der Waals surface area (Å²) in [4.78, 5) is 19.3. The van der Waals surface area contributed by atoms with Gasteiger partial charge in [-0.3, -0.25) is 4.79 Å². The van der Waals surface area contributed by atoms with E-state index in [1.165, 1.54) is 6.92 Å². The fourth-order valence-corrected chi connectivity index (χ4v) is 1.71. The van der Waals surface area contributed by atoms with E-state index in [-0.39, 0.29) is 5.91 Å². The lowest BCUT2D eigenvalue weighted by atomic mass is 10.1. The van der Waals surface area contributed by atoms with Gasteiger partial charge in [0, 0.05) is 43.7 Å². The molecule has 19 heavy (non-hydrogen) atoms. The topological polar surface area (TPSA) is 66.9 Å². The van der Waals surface area contributed by atoms with Crippen LogP contribution in [0.25, 0.3) is 11.4 Å². The zero-order valence-electron chi connectivity index (χ0n) is 10.8. The average molecular weight is 256 g/mol. The Balaban J connectivity index is 2.07. The summed E-state index contributed by atoms with van der Waals surface area (Å²) < 4.78 is 0. The molecule has 2 N–H and O–H groups in total. The van der Waals surface area contributed by atoms with E-state index >= 15 is 0 Å². The Morgan fingerprint density at radius 1 is 1.11 bits per heavy atom. The van der Waals surface area contributed by atoms with Crippen LogP contribution in [0.4, 0.5) is 5.69 Å². The fourth-order valence-electron chi connectivity index (χ4n) is 1.71. The summed E-state index contributed by atoms with van der Waals surface area (Å²) in [5.41, 5.74) is 1.91. The smallest absolute Gasteiger partial charge is 0.216 e. The molecule has 0 fully saturated rings. The molecule has 2 rings (SSSR count). The molecule has 1 amide bonds. The summed E-state index contributed by atoms with van der Waals surface area (Å²) in [5.74, 6) is 0.659. The van der Waals surface area contributed by atoms with E-state index in [1.54, 1.807) is 18.5 Å². The third-order valence-electron chi connectivity index (χ3n) is 2.55. The summed E-state index contributed by atoms with van der Waals surface area (Å²) in [6.45, 7) is 2.74. The summed E-state index contributed by atoms with van der Waals surface area (Å²) in [6.07, 6.45) is 3.44. The Morgan fingerprint density at radius 2 is 1.84 bits per heavy atom. The molecule has 0 spiro atoms. The summed E-state index contributed by atoms with van der Waals surface area (Å²) >= 11 is 0. The highest BCUT2D eigenvalue weighted by Crippen LogP contribution is 2.23. The van der Waals surface area contributed by atoms with Gasteiger partial charge in [-0.25, -0.2) is 9.97 Å². The van der Waals surface area contributed by atoms with E-state index in [2.05, 4.69) is 20.6 Å². The molecule has 5 nitrogen and oxygen atoms in total. The van der Waals surface area contributed by atoms with E-state index in [1.807, 2.05) is 24.3 Å². The van der Waals surface area contributed by atoms with Crippen molar-refractivity contribution in [1.29, 1.82) is 0 Å². The number of rotatable bonds is 5. The molecular weight excluding hydrogens is 240 g/mol. The minimum atomic E-state index is -0.0264. The average Bonchev–Trinajstić information content (AvgIpc) is 2.45. The molecule has 0 aliphatic carbocycles. The Kier molecular flexibility index (Phi) is 4.44. The van der Waals surface area contributed by atoms with Gasteiger partial charge < -0.3 is 10.6 Å². The Hall–Kier alpha value is -2.43. The maximum Gasteiger partial charge on any atom is 0.216 e. The molecule has 1 aromatic heterocycles. The number of hydrogen-bond donors (Lipinski definition) is 2. The molecular formula is C14H16N4O. The highest BCUT2D eigenvalue weighted by Gasteiger charge is 2.05. The van der Waals surface area contributed by atoms with Crippen LogP contribution in [0.3, 0.4) is 0 Å². The third-order valence-corrected chi connectivity index (χ3v) is 2.55. The van der Waals surface area contributed by atoms with E-state index in [0.717, 1.165) is 11.3 Å². The zero-order valence-corrected chi connectivity index (χ0v) is 10.8. The largest absolute Gasteiger partial charge is 0.383 e. The molecule has 1 aromatic carbocycles. The van der Waals surface area contributed by atoms with Gasteiger partial charge in [-0.1, -0.05) is 12.1 Å². The predicted molar refractivity (Wildman–Crippen MR) is 74.6 cm³/mol. The molecule has 0 unspecified atom stereocenters. The number of para-hydroxylation sites is 1. The van der Waals surface area contributed by atoms with Crippen molar-refractivity contribution in [3.05, 3.63) is 42.7 Å². The van der Waals surface area contributed by atoms with Crippen LogP contribution in [0.5, 0.6) is 0 Å². The van der Waals surface area contributed by atoms with Gasteiger partial charge in [-0.2, -0.15) is 0 Å². The first kappa shape index (κ1) is 13.0. The van der Waals surface area contributed by atoms with Crippen LogP contribution in [-0.2, 0) is 4.79 Å². The zero-order chi connectivity index (χ0) is 13.5. The third kappa shape index (κ3) is 3.77. The monoisotopic (exact) mass is 256 g/mol. The van der Waals surface area contributed by atoms with Gasteiger partial charge in [-0.15, -0.1) is 0 Å². The van der Waals surface area contributed by atoms with Gasteiger partial charge in [0.15, 0.2) is 5.82 Å². The van der Waals surface area contributed by atoms with Crippen molar-refractivity contribution in [1.82, 2.24) is 15.3 Å². The van der Waals surface area contributed by atoms with Gasteiger partial charge in [0.2, 0.25) is 5.91 Å². The predicted octanol–water partition coefficient (Wildman–Crippen LogP) is 1.69. The van der Waals surface area contributed by atoms with Crippen LogP contribution in [0, 0.1) is 0 Å². The van der Waals surface area contributed by atoms with Gasteiger partial charge in [-0.05, 0) is 18.2 Å². The number of carbonyl (C=O) groups excluding carboxylic acids is 1. The van der Waals surface area contributed by atoms with Crippen LogP contribution in [-0.4, -0.2) is 29.0 Å². The van der Waals surface area contributed by atoms with Crippen molar-refractivity contribution in [2.75, 3.05) is 18.4 Å². The number of nitrogens with one attached hydrogen (secondary N) is 2. The number of aromatic nitrogens is 2. The highest BCUT2D eigenvalue weighted by molar-refractivity contribution is 5.74. The first-order chi connectivity index (χ1) is 9.27. The molecule has 0 aliphatic rings. The van der Waals surface area contributed by atoms with Crippen LogP contribution < -0.4 is 10.6 Å².